The van der Waals surface area contributed by atoms with E-state index in [9.17, 15) is 8.42 Å². The van der Waals surface area contributed by atoms with Crippen molar-refractivity contribution in [1.29, 1.82) is 0 Å². The second-order valence-electron chi connectivity index (χ2n) is 5.43. The van der Waals surface area contributed by atoms with E-state index in [0.717, 1.165) is 10.2 Å². The van der Waals surface area contributed by atoms with Crippen LogP contribution >= 0.6 is 22.9 Å². The molecule has 130 valence electrons. The summed E-state index contributed by atoms with van der Waals surface area (Å²) in [4.78, 5) is 0.465. The molecule has 2 aromatic carbocycles. The highest BCUT2D eigenvalue weighted by Crippen LogP contribution is 2.35. The zero-order valence-electron chi connectivity index (χ0n) is 13.1. The largest absolute Gasteiger partial charge is 0.486 e. The number of thiazole rings is 1. The summed E-state index contributed by atoms with van der Waals surface area (Å²) in [5.41, 5.74) is 0.833. The van der Waals surface area contributed by atoms with E-state index in [4.69, 9.17) is 21.1 Å². The molecular formula is C16H13ClN2O4S2. The first-order chi connectivity index (χ1) is 11.9. The molecule has 1 aliphatic rings. The average molecular weight is 397 g/mol. The van der Waals surface area contributed by atoms with Crippen LogP contribution in [0.4, 0.5) is 0 Å². The highest BCUT2D eigenvalue weighted by molar-refractivity contribution is 7.90. The smallest absolute Gasteiger partial charge is 0.285 e. The summed E-state index contributed by atoms with van der Waals surface area (Å²) in [5.74, 6) is 1.31. The van der Waals surface area contributed by atoms with E-state index in [1.54, 1.807) is 11.6 Å². The summed E-state index contributed by atoms with van der Waals surface area (Å²) in [5, 5.41) is 0.469. The van der Waals surface area contributed by atoms with E-state index in [1.807, 2.05) is 12.1 Å². The molecule has 3 aromatic rings. The standard InChI is InChI=1S/C16H13ClN2O4S2/c1-19-12-8-13-14(23-7-6-22-13)9-15(12)24-16(19)18-25(20,21)11-4-2-10(17)3-5-11/h2-5,8-9H,6-7H2,1H3/b18-16-. The van der Waals surface area contributed by atoms with E-state index >= 15 is 0 Å². The first-order valence-electron chi connectivity index (χ1n) is 7.40. The van der Waals surface area contributed by atoms with Gasteiger partial charge in [-0.3, -0.25) is 0 Å². The number of hydrogen-bond donors (Lipinski definition) is 0. The number of aromatic nitrogens is 1. The van der Waals surface area contributed by atoms with Crippen LogP contribution in [0.25, 0.3) is 10.2 Å². The quantitative estimate of drug-likeness (QED) is 0.667. The van der Waals surface area contributed by atoms with E-state index < -0.39 is 10.0 Å². The van der Waals surface area contributed by atoms with Gasteiger partial charge in [-0.1, -0.05) is 22.9 Å². The van der Waals surface area contributed by atoms with E-state index in [-0.39, 0.29) is 4.90 Å². The first-order valence-corrected chi connectivity index (χ1v) is 10.0. The summed E-state index contributed by atoms with van der Waals surface area (Å²) in [6.07, 6.45) is 0. The van der Waals surface area contributed by atoms with Gasteiger partial charge in [0.05, 0.1) is 15.1 Å². The van der Waals surface area contributed by atoms with Crippen molar-refractivity contribution in [3.8, 4) is 11.5 Å². The molecule has 4 rings (SSSR count). The molecule has 0 bridgehead atoms. The first kappa shape index (κ1) is 16.4. The minimum absolute atomic E-state index is 0.0975. The Bertz CT molecular complexity index is 1130. The zero-order chi connectivity index (χ0) is 17.6. The number of fused-ring (bicyclic) bond motifs is 2. The van der Waals surface area contributed by atoms with Crippen molar-refractivity contribution in [1.82, 2.24) is 4.57 Å². The lowest BCUT2D eigenvalue weighted by Crippen LogP contribution is -2.15. The molecule has 0 saturated heterocycles. The minimum Gasteiger partial charge on any atom is -0.486 e. The van der Waals surface area contributed by atoms with Crippen LogP contribution in [0.1, 0.15) is 0 Å². The van der Waals surface area contributed by atoms with E-state index in [1.165, 1.54) is 35.6 Å². The van der Waals surface area contributed by atoms with Crippen LogP contribution in [0.2, 0.25) is 5.02 Å². The Hall–Kier alpha value is -2.03. The minimum atomic E-state index is -3.83. The Morgan fingerprint density at radius 2 is 1.76 bits per heavy atom. The normalized spacial score (nSPS) is 14.9. The second-order valence-corrected chi connectivity index (χ2v) is 8.48. The molecule has 0 fully saturated rings. The van der Waals surface area contributed by atoms with Crippen molar-refractivity contribution in [2.45, 2.75) is 4.90 Å². The van der Waals surface area contributed by atoms with Gasteiger partial charge in [-0.25, -0.2) is 0 Å². The molecule has 1 aliphatic heterocycles. The van der Waals surface area contributed by atoms with Gasteiger partial charge in [0.1, 0.15) is 13.2 Å². The number of hydrogen-bond acceptors (Lipinski definition) is 5. The molecule has 0 aliphatic carbocycles. The van der Waals surface area contributed by atoms with Crippen molar-refractivity contribution < 1.29 is 17.9 Å². The van der Waals surface area contributed by atoms with Gasteiger partial charge in [-0.2, -0.15) is 8.42 Å². The maximum atomic E-state index is 12.5. The second kappa shape index (κ2) is 6.05. The van der Waals surface area contributed by atoms with Crippen LogP contribution in [0.3, 0.4) is 0 Å². The van der Waals surface area contributed by atoms with Gasteiger partial charge in [0.15, 0.2) is 11.5 Å². The SMILES string of the molecule is Cn1/c(=N/S(=O)(=O)c2ccc(Cl)cc2)sc2cc3c(cc21)OCCO3. The molecular weight excluding hydrogens is 384 g/mol. The summed E-state index contributed by atoms with van der Waals surface area (Å²) in [6.45, 7) is 0.993. The predicted molar refractivity (Wildman–Crippen MR) is 96.0 cm³/mol. The van der Waals surface area contributed by atoms with Crippen LogP contribution in [0, 0.1) is 0 Å². The topological polar surface area (TPSA) is 69.9 Å². The molecule has 9 heteroatoms. The average Bonchev–Trinajstić information content (AvgIpc) is 2.88. The van der Waals surface area contributed by atoms with Gasteiger partial charge in [0, 0.05) is 24.2 Å². The Labute approximate surface area is 153 Å². The molecule has 0 saturated carbocycles. The number of halogens is 1. The highest BCUT2D eigenvalue weighted by atomic mass is 35.5. The van der Waals surface area contributed by atoms with Gasteiger partial charge in [0.25, 0.3) is 10.0 Å². The maximum Gasteiger partial charge on any atom is 0.285 e. The lowest BCUT2D eigenvalue weighted by Gasteiger charge is -2.18. The highest BCUT2D eigenvalue weighted by Gasteiger charge is 2.17. The molecule has 0 N–H and O–H groups in total. The number of nitrogens with zero attached hydrogens (tertiary/aromatic N) is 2. The molecule has 0 amide bonds. The third-order valence-electron chi connectivity index (χ3n) is 3.78. The number of ether oxygens (including phenoxy) is 2. The number of rotatable bonds is 2. The van der Waals surface area contributed by atoms with Gasteiger partial charge < -0.3 is 14.0 Å². The fourth-order valence-electron chi connectivity index (χ4n) is 2.52. The van der Waals surface area contributed by atoms with E-state index in [2.05, 4.69) is 4.40 Å². The van der Waals surface area contributed by atoms with Gasteiger partial charge in [-0.15, -0.1) is 4.40 Å². The van der Waals surface area contributed by atoms with E-state index in [0.29, 0.717) is 34.5 Å². The van der Waals surface area contributed by atoms with Crippen LogP contribution in [-0.2, 0) is 17.1 Å². The Morgan fingerprint density at radius 3 is 2.44 bits per heavy atom. The maximum absolute atomic E-state index is 12.5. The Kier molecular flexibility index (Phi) is 3.98. The van der Waals surface area contributed by atoms with Crippen LogP contribution in [0.15, 0.2) is 45.7 Å². The number of benzene rings is 2. The lowest BCUT2D eigenvalue weighted by atomic mass is 10.3. The molecule has 0 atom stereocenters. The third-order valence-corrected chi connectivity index (χ3v) is 6.53. The Morgan fingerprint density at radius 1 is 1.12 bits per heavy atom. The fraction of sp³-hybridized carbons (Fsp3) is 0.188. The molecule has 1 aromatic heterocycles. The zero-order valence-corrected chi connectivity index (χ0v) is 15.5. The lowest BCUT2D eigenvalue weighted by molar-refractivity contribution is 0.172. The summed E-state index contributed by atoms with van der Waals surface area (Å²) >= 11 is 7.09. The van der Waals surface area contributed by atoms with Crippen LogP contribution < -0.4 is 14.3 Å². The number of aryl methyl sites for hydroxylation is 1. The van der Waals surface area contributed by atoms with Crippen LogP contribution in [0.5, 0.6) is 11.5 Å². The van der Waals surface area contributed by atoms with Gasteiger partial charge in [0.2, 0.25) is 4.80 Å². The van der Waals surface area contributed by atoms with Gasteiger partial charge in [-0.05, 0) is 24.3 Å². The molecule has 2 heterocycles. The van der Waals surface area contributed by atoms with Crippen molar-refractivity contribution >= 4 is 43.2 Å². The third kappa shape index (κ3) is 3.01. The summed E-state index contributed by atoms with van der Waals surface area (Å²) < 4.78 is 42.8. The summed E-state index contributed by atoms with van der Waals surface area (Å²) in [7, 11) is -2.06. The van der Waals surface area contributed by atoms with Crippen molar-refractivity contribution in [2.24, 2.45) is 11.4 Å². The molecule has 0 spiro atoms. The number of sulfonamides is 1. The monoisotopic (exact) mass is 396 g/mol. The molecule has 0 unspecified atom stereocenters. The molecule has 0 radical (unpaired) electrons. The van der Waals surface area contributed by atoms with Gasteiger partial charge >= 0.3 is 0 Å². The van der Waals surface area contributed by atoms with Crippen LogP contribution in [-0.4, -0.2) is 26.2 Å². The summed E-state index contributed by atoms with van der Waals surface area (Å²) in [6, 6.07) is 9.62. The fourth-order valence-corrected chi connectivity index (χ4v) is 4.90. The Balaban J connectivity index is 1.87. The predicted octanol–water partition coefficient (Wildman–Crippen LogP) is 2.95. The van der Waals surface area contributed by atoms with Crippen molar-refractivity contribution in [3.63, 3.8) is 0 Å². The van der Waals surface area contributed by atoms with Crippen molar-refractivity contribution in [2.75, 3.05) is 13.2 Å². The molecule has 25 heavy (non-hydrogen) atoms. The van der Waals surface area contributed by atoms with Crippen molar-refractivity contribution in [3.05, 3.63) is 46.2 Å². The molecule has 6 nitrogen and oxygen atoms in total.